The number of anilines is 1. The predicted octanol–water partition coefficient (Wildman–Crippen LogP) is 4.44. The van der Waals surface area contributed by atoms with Crippen molar-refractivity contribution in [2.45, 2.75) is 46.1 Å². The second-order valence-electron chi connectivity index (χ2n) is 9.09. The van der Waals surface area contributed by atoms with Gasteiger partial charge in [-0.1, -0.05) is 11.3 Å². The van der Waals surface area contributed by atoms with Crippen LogP contribution in [0.2, 0.25) is 0 Å². The van der Waals surface area contributed by atoms with Crippen molar-refractivity contribution in [1.29, 1.82) is 0 Å². The topological polar surface area (TPSA) is 125 Å². The van der Waals surface area contributed by atoms with Crippen LogP contribution < -0.4 is 10.1 Å². The highest BCUT2D eigenvalue weighted by atomic mass is 32.2. The van der Waals surface area contributed by atoms with E-state index in [0.29, 0.717) is 40.7 Å². The Kier molecular flexibility index (Phi) is 11.1. The maximum Gasteiger partial charge on any atom is 0.341 e. The maximum atomic E-state index is 12.8. The number of thiazole rings is 1. The number of hydrogen-bond acceptors (Lipinski definition) is 10. The molecule has 0 aliphatic heterocycles. The molecule has 1 aliphatic rings. The molecular formula is C28H33N3O7S3. The van der Waals surface area contributed by atoms with Gasteiger partial charge < -0.3 is 24.1 Å². The molecule has 4 rings (SSSR count). The maximum absolute atomic E-state index is 12.8. The molecule has 2 amide bonds. The minimum Gasteiger partial charge on any atom is -0.465 e. The summed E-state index contributed by atoms with van der Waals surface area (Å²) < 4.78 is 18.3. The van der Waals surface area contributed by atoms with Crippen LogP contribution in [0.4, 0.5) is 5.00 Å². The number of hydrogen-bond donors (Lipinski definition) is 1. The molecule has 0 fully saturated rings. The molecule has 0 saturated carbocycles. The number of esters is 2. The molecule has 0 saturated heterocycles. The molecule has 3 aromatic rings. The van der Waals surface area contributed by atoms with E-state index in [-0.39, 0.29) is 29.9 Å². The molecule has 1 aliphatic carbocycles. The van der Waals surface area contributed by atoms with Gasteiger partial charge in [0.2, 0.25) is 5.91 Å². The number of rotatable bonds is 12. The molecule has 1 N–H and O–H groups in total. The van der Waals surface area contributed by atoms with Crippen molar-refractivity contribution >= 4 is 73.4 Å². The van der Waals surface area contributed by atoms with Gasteiger partial charge in [0.25, 0.3) is 5.91 Å². The predicted molar refractivity (Wildman–Crippen MR) is 161 cm³/mol. The highest BCUT2D eigenvalue weighted by Crippen LogP contribution is 2.38. The van der Waals surface area contributed by atoms with Crippen LogP contribution in [0.15, 0.2) is 23.2 Å². The lowest BCUT2D eigenvalue weighted by Gasteiger charge is -2.12. The Morgan fingerprint density at radius 2 is 1.85 bits per heavy atom. The third-order valence-corrected chi connectivity index (χ3v) is 9.52. The summed E-state index contributed by atoms with van der Waals surface area (Å²) in [7, 11) is 1.33. The van der Waals surface area contributed by atoms with Gasteiger partial charge in [-0.2, -0.15) is 4.99 Å². The number of benzene rings is 1. The van der Waals surface area contributed by atoms with Crippen molar-refractivity contribution in [3.05, 3.63) is 44.6 Å². The summed E-state index contributed by atoms with van der Waals surface area (Å²) in [5.74, 6) is -1.49. The van der Waals surface area contributed by atoms with Crippen LogP contribution in [0.3, 0.4) is 0 Å². The van der Waals surface area contributed by atoms with E-state index in [1.165, 1.54) is 29.8 Å². The van der Waals surface area contributed by atoms with Gasteiger partial charge in [-0.25, -0.2) is 9.59 Å². The number of aromatic nitrogens is 1. The number of nitrogens with one attached hydrogen (secondary N) is 1. The van der Waals surface area contributed by atoms with Crippen LogP contribution in [0.1, 0.15) is 57.8 Å². The molecule has 1 aromatic carbocycles. The van der Waals surface area contributed by atoms with Crippen LogP contribution in [-0.2, 0) is 43.2 Å². The van der Waals surface area contributed by atoms with Gasteiger partial charge >= 0.3 is 11.9 Å². The fourth-order valence-electron chi connectivity index (χ4n) is 4.53. The summed E-state index contributed by atoms with van der Waals surface area (Å²) in [6.07, 6.45) is 3.75. The molecule has 41 heavy (non-hydrogen) atoms. The van der Waals surface area contributed by atoms with E-state index >= 15 is 0 Å². The molecule has 220 valence electrons. The number of carbonyl (C=O) groups excluding carboxylic acids is 4. The Hall–Kier alpha value is -3.00. The Balaban J connectivity index is 1.44. The Labute approximate surface area is 250 Å². The Morgan fingerprint density at radius 1 is 1.05 bits per heavy atom. The number of ether oxygens (including phenoxy) is 3. The third-order valence-electron chi connectivity index (χ3n) is 6.35. The monoisotopic (exact) mass is 619 g/mol. The van der Waals surface area contributed by atoms with Gasteiger partial charge in [0.05, 0.1) is 53.2 Å². The molecule has 2 heterocycles. The van der Waals surface area contributed by atoms with Crippen molar-refractivity contribution in [3.63, 3.8) is 0 Å². The smallest absolute Gasteiger partial charge is 0.341 e. The molecule has 0 atom stereocenters. The molecule has 0 bridgehead atoms. The summed E-state index contributed by atoms with van der Waals surface area (Å²) >= 11 is 3.88. The van der Waals surface area contributed by atoms with Crippen molar-refractivity contribution in [1.82, 2.24) is 4.57 Å². The van der Waals surface area contributed by atoms with E-state index < -0.39 is 11.9 Å². The number of thioether (sulfide) groups is 1. The Bertz CT molecular complexity index is 1510. The first kappa shape index (κ1) is 30.9. The lowest BCUT2D eigenvalue weighted by molar-refractivity contribution is -0.115. The lowest BCUT2D eigenvalue weighted by atomic mass is 9.95. The van der Waals surface area contributed by atoms with Crippen LogP contribution in [0, 0.1) is 0 Å². The number of fused-ring (bicyclic) bond motifs is 2. The minimum absolute atomic E-state index is 0.00616. The van der Waals surface area contributed by atoms with Crippen LogP contribution >= 0.6 is 34.4 Å². The number of carbonyl (C=O) groups is 4. The Morgan fingerprint density at radius 3 is 2.61 bits per heavy atom. The van der Waals surface area contributed by atoms with E-state index in [1.54, 1.807) is 25.1 Å². The van der Waals surface area contributed by atoms with Crippen molar-refractivity contribution in [3.8, 4) is 0 Å². The molecule has 0 radical (unpaired) electrons. The summed E-state index contributed by atoms with van der Waals surface area (Å²) in [4.78, 5) is 56.1. The molecule has 13 heteroatoms. The van der Waals surface area contributed by atoms with E-state index in [2.05, 4.69) is 10.3 Å². The fourth-order valence-corrected chi connectivity index (χ4v) is 7.53. The summed E-state index contributed by atoms with van der Waals surface area (Å²) in [5.41, 5.74) is 2.69. The zero-order valence-electron chi connectivity index (χ0n) is 23.3. The lowest BCUT2D eigenvalue weighted by Crippen LogP contribution is -2.21. The van der Waals surface area contributed by atoms with Crippen molar-refractivity contribution < 1.29 is 33.4 Å². The SMILES string of the molecule is CCOCCn1c(=NC(=O)CSCC(=O)Nc2sc3c(c2C(=O)OCC)CCCC3)sc2cc(C(=O)OC)ccc21. The summed E-state index contributed by atoms with van der Waals surface area (Å²) in [5, 5.41) is 3.39. The number of amides is 2. The summed E-state index contributed by atoms with van der Waals surface area (Å²) in [6.45, 7) is 5.42. The van der Waals surface area contributed by atoms with Gasteiger partial charge in [-0.05, 0) is 63.3 Å². The zero-order chi connectivity index (χ0) is 29.4. The molecule has 0 spiro atoms. The molecule has 2 aromatic heterocycles. The largest absolute Gasteiger partial charge is 0.465 e. The van der Waals surface area contributed by atoms with E-state index in [0.717, 1.165) is 58.1 Å². The van der Waals surface area contributed by atoms with Crippen LogP contribution in [-0.4, -0.2) is 66.8 Å². The molecule has 0 unspecified atom stereocenters. The van der Waals surface area contributed by atoms with Gasteiger partial charge in [-0.3, -0.25) is 9.59 Å². The standard InChI is InChI=1S/C28H33N3O7S3/c1-4-37-13-12-31-19-11-10-17(26(34)36-3)14-21(19)41-28(31)30-23(33)16-39-15-22(32)29-25-24(27(35)38-5-2)18-8-6-7-9-20(18)40-25/h10-11,14H,4-9,12-13,15-16H2,1-3H3,(H,29,32). The first-order chi connectivity index (χ1) is 19.9. The van der Waals surface area contributed by atoms with Gasteiger partial charge in [-0.15, -0.1) is 23.1 Å². The number of thiophene rings is 1. The van der Waals surface area contributed by atoms with Gasteiger partial charge in [0.15, 0.2) is 4.80 Å². The first-order valence-electron chi connectivity index (χ1n) is 13.4. The molecular weight excluding hydrogens is 587 g/mol. The van der Waals surface area contributed by atoms with E-state index in [9.17, 15) is 19.2 Å². The second kappa shape index (κ2) is 14.8. The van der Waals surface area contributed by atoms with Gasteiger partial charge in [0.1, 0.15) is 5.00 Å². The number of nitrogens with zero attached hydrogens (tertiary/aromatic N) is 2. The second-order valence-corrected chi connectivity index (χ2v) is 12.2. The quantitative estimate of drug-likeness (QED) is 0.233. The van der Waals surface area contributed by atoms with Crippen LogP contribution in [0.5, 0.6) is 0 Å². The first-order valence-corrected chi connectivity index (χ1v) is 16.2. The zero-order valence-corrected chi connectivity index (χ0v) is 25.7. The highest BCUT2D eigenvalue weighted by Gasteiger charge is 2.27. The van der Waals surface area contributed by atoms with Gasteiger partial charge in [0, 0.05) is 18.0 Å². The fraction of sp³-hybridized carbons (Fsp3) is 0.464. The van der Waals surface area contributed by atoms with E-state index in [4.69, 9.17) is 14.2 Å². The highest BCUT2D eigenvalue weighted by molar-refractivity contribution is 8.00. The average Bonchev–Trinajstić information content (AvgIpc) is 3.49. The third kappa shape index (κ3) is 7.64. The number of methoxy groups -OCH3 is 1. The van der Waals surface area contributed by atoms with Crippen molar-refractivity contribution in [2.24, 2.45) is 4.99 Å². The summed E-state index contributed by atoms with van der Waals surface area (Å²) in [6, 6.07) is 5.20. The number of aryl methyl sites for hydroxylation is 1. The molecule has 10 nitrogen and oxygen atoms in total. The van der Waals surface area contributed by atoms with Crippen LogP contribution in [0.25, 0.3) is 10.2 Å². The normalized spacial score (nSPS) is 13.2. The minimum atomic E-state index is -0.442. The van der Waals surface area contributed by atoms with Crippen molar-refractivity contribution in [2.75, 3.05) is 43.8 Å². The van der Waals surface area contributed by atoms with E-state index in [1.807, 2.05) is 11.5 Å². The average molecular weight is 620 g/mol.